The van der Waals surface area contributed by atoms with Crippen molar-refractivity contribution < 1.29 is 0 Å². The first-order valence-electron chi connectivity index (χ1n) is 2.40. The van der Waals surface area contributed by atoms with E-state index in [0.29, 0.717) is 0 Å². The third-order valence-corrected chi connectivity index (χ3v) is 0.579. The summed E-state index contributed by atoms with van der Waals surface area (Å²) in [4.78, 5) is 0. The third kappa shape index (κ3) is 4.95. The molecule has 2 heteroatoms. The van der Waals surface area contributed by atoms with Gasteiger partial charge >= 0.3 is 0 Å². The fraction of sp³-hybridized carbons (Fsp3) is 0.167. The standard InChI is InChI=1S/C6H10N2/c1-2-3-4-5-6(7)8/h2-5H,1H3,(H3,7,8)/b3-2+,5-4+. The average molecular weight is 110 g/mol. The molecule has 0 rings (SSSR count). The van der Waals surface area contributed by atoms with Crippen LogP contribution >= 0.6 is 0 Å². The molecule has 0 unspecified atom stereocenters. The van der Waals surface area contributed by atoms with E-state index in [1.54, 1.807) is 6.08 Å². The van der Waals surface area contributed by atoms with E-state index in [-0.39, 0.29) is 5.84 Å². The lowest BCUT2D eigenvalue weighted by Crippen LogP contribution is -2.03. The fourth-order valence-electron chi connectivity index (χ4n) is 0.270. The zero-order valence-corrected chi connectivity index (χ0v) is 4.89. The van der Waals surface area contributed by atoms with Crippen LogP contribution in [-0.4, -0.2) is 5.84 Å². The Morgan fingerprint density at radius 1 is 1.50 bits per heavy atom. The van der Waals surface area contributed by atoms with Crippen LogP contribution in [0.15, 0.2) is 24.3 Å². The lowest BCUT2D eigenvalue weighted by molar-refractivity contribution is 1.46. The highest BCUT2D eigenvalue weighted by Gasteiger charge is 1.69. The number of nitrogens with two attached hydrogens (primary N) is 1. The molecule has 2 nitrogen and oxygen atoms in total. The minimum Gasteiger partial charge on any atom is -0.384 e. The predicted octanol–water partition coefficient (Wildman–Crippen LogP) is 1.05. The van der Waals surface area contributed by atoms with Crippen LogP contribution < -0.4 is 5.73 Å². The van der Waals surface area contributed by atoms with E-state index >= 15 is 0 Å². The summed E-state index contributed by atoms with van der Waals surface area (Å²) in [6.07, 6.45) is 6.95. The first-order valence-corrected chi connectivity index (χ1v) is 2.40. The van der Waals surface area contributed by atoms with Crippen LogP contribution in [0.4, 0.5) is 0 Å². The van der Waals surface area contributed by atoms with Crippen molar-refractivity contribution in [2.45, 2.75) is 6.92 Å². The molecule has 0 atom stereocenters. The number of hydrogen-bond acceptors (Lipinski definition) is 1. The molecule has 0 aromatic carbocycles. The van der Waals surface area contributed by atoms with Gasteiger partial charge in [-0.25, -0.2) is 0 Å². The summed E-state index contributed by atoms with van der Waals surface area (Å²) in [6, 6.07) is 0. The summed E-state index contributed by atoms with van der Waals surface area (Å²) < 4.78 is 0. The van der Waals surface area contributed by atoms with Crippen LogP contribution in [0.5, 0.6) is 0 Å². The van der Waals surface area contributed by atoms with Crippen molar-refractivity contribution in [1.82, 2.24) is 0 Å². The van der Waals surface area contributed by atoms with Crippen molar-refractivity contribution in [3.05, 3.63) is 24.3 Å². The minimum absolute atomic E-state index is 0.0862. The van der Waals surface area contributed by atoms with Gasteiger partial charge in [0.05, 0.1) is 0 Å². The fourth-order valence-corrected chi connectivity index (χ4v) is 0.270. The molecule has 3 N–H and O–H groups in total. The summed E-state index contributed by atoms with van der Waals surface area (Å²) in [5.74, 6) is 0.0862. The molecule has 0 fully saturated rings. The maximum Gasteiger partial charge on any atom is 0.115 e. The second-order valence-electron chi connectivity index (χ2n) is 1.34. The van der Waals surface area contributed by atoms with E-state index < -0.39 is 0 Å². The van der Waals surface area contributed by atoms with Gasteiger partial charge in [-0.05, 0) is 13.0 Å². The van der Waals surface area contributed by atoms with E-state index in [9.17, 15) is 0 Å². The molecule has 8 heavy (non-hydrogen) atoms. The highest BCUT2D eigenvalue weighted by Crippen LogP contribution is 1.73. The zero-order valence-electron chi connectivity index (χ0n) is 4.89. The average Bonchev–Trinajstić information content (AvgIpc) is 1.66. The van der Waals surface area contributed by atoms with Crippen molar-refractivity contribution in [3.63, 3.8) is 0 Å². The van der Waals surface area contributed by atoms with Crippen molar-refractivity contribution in [1.29, 1.82) is 5.41 Å². The Bertz CT molecular complexity index is 122. The van der Waals surface area contributed by atoms with E-state index in [1.807, 2.05) is 19.1 Å². The Balaban J connectivity index is 3.50. The molecule has 0 aromatic rings. The third-order valence-electron chi connectivity index (χ3n) is 0.579. The zero-order chi connectivity index (χ0) is 6.41. The van der Waals surface area contributed by atoms with E-state index in [1.165, 1.54) is 6.08 Å². The molecule has 0 aliphatic rings. The number of allylic oxidation sites excluding steroid dienone is 3. The molecule has 0 saturated carbocycles. The van der Waals surface area contributed by atoms with E-state index in [2.05, 4.69) is 0 Å². The number of nitrogens with one attached hydrogen (secondary N) is 1. The van der Waals surface area contributed by atoms with Crippen molar-refractivity contribution >= 4 is 5.84 Å². The van der Waals surface area contributed by atoms with Gasteiger partial charge in [0.25, 0.3) is 0 Å². The molecule has 0 bridgehead atoms. The molecule has 0 heterocycles. The predicted molar refractivity (Wildman–Crippen MR) is 35.9 cm³/mol. The highest BCUT2D eigenvalue weighted by molar-refractivity contribution is 5.88. The molecule has 0 saturated heterocycles. The topological polar surface area (TPSA) is 49.9 Å². The maximum absolute atomic E-state index is 6.73. The van der Waals surface area contributed by atoms with Gasteiger partial charge in [0.15, 0.2) is 0 Å². The van der Waals surface area contributed by atoms with Crippen LogP contribution in [-0.2, 0) is 0 Å². The monoisotopic (exact) mass is 110 g/mol. The second kappa shape index (κ2) is 4.12. The van der Waals surface area contributed by atoms with Crippen LogP contribution in [0.1, 0.15) is 6.92 Å². The molecule has 0 aliphatic carbocycles. The van der Waals surface area contributed by atoms with Gasteiger partial charge in [0, 0.05) is 0 Å². The summed E-state index contributed by atoms with van der Waals surface area (Å²) in [5, 5.41) is 6.73. The van der Waals surface area contributed by atoms with Gasteiger partial charge < -0.3 is 5.73 Å². The summed E-state index contributed by atoms with van der Waals surface area (Å²) in [6.45, 7) is 1.91. The largest absolute Gasteiger partial charge is 0.384 e. The van der Waals surface area contributed by atoms with Gasteiger partial charge in [-0.1, -0.05) is 18.2 Å². The SMILES string of the molecule is C/C=C/C=C/C(=N)N. The Kier molecular flexibility index (Phi) is 3.58. The molecule has 0 aromatic heterocycles. The first-order chi connectivity index (χ1) is 3.77. The molecule has 0 spiro atoms. The quantitative estimate of drug-likeness (QED) is 0.311. The van der Waals surface area contributed by atoms with Crippen LogP contribution in [0.25, 0.3) is 0 Å². The van der Waals surface area contributed by atoms with Gasteiger partial charge in [0.1, 0.15) is 5.84 Å². The highest BCUT2D eigenvalue weighted by atomic mass is 14.7. The number of rotatable bonds is 2. The normalized spacial score (nSPS) is 11.1. The minimum atomic E-state index is 0.0862. The first kappa shape index (κ1) is 6.95. The molecule has 44 valence electrons. The van der Waals surface area contributed by atoms with Crippen molar-refractivity contribution in [2.24, 2.45) is 5.73 Å². The van der Waals surface area contributed by atoms with E-state index in [4.69, 9.17) is 11.1 Å². The van der Waals surface area contributed by atoms with Gasteiger partial charge in [-0.3, -0.25) is 5.41 Å². The smallest absolute Gasteiger partial charge is 0.115 e. The lowest BCUT2D eigenvalue weighted by Gasteiger charge is -1.77. The molecule has 0 radical (unpaired) electrons. The summed E-state index contributed by atoms with van der Waals surface area (Å²) in [7, 11) is 0. The second-order valence-corrected chi connectivity index (χ2v) is 1.34. The number of amidine groups is 1. The molecule has 0 amide bonds. The maximum atomic E-state index is 6.73. The molecular formula is C6H10N2. The van der Waals surface area contributed by atoms with Gasteiger partial charge in [0.2, 0.25) is 0 Å². The molecule has 0 aliphatic heterocycles. The Morgan fingerprint density at radius 3 is 2.50 bits per heavy atom. The van der Waals surface area contributed by atoms with E-state index in [0.717, 1.165) is 0 Å². The van der Waals surface area contributed by atoms with Gasteiger partial charge in [-0.15, -0.1) is 0 Å². The van der Waals surface area contributed by atoms with Crippen molar-refractivity contribution in [3.8, 4) is 0 Å². The Labute approximate surface area is 49.2 Å². The Morgan fingerprint density at radius 2 is 2.12 bits per heavy atom. The lowest BCUT2D eigenvalue weighted by atomic mass is 10.4. The van der Waals surface area contributed by atoms with Crippen molar-refractivity contribution in [2.75, 3.05) is 0 Å². The summed E-state index contributed by atoms with van der Waals surface area (Å²) >= 11 is 0. The van der Waals surface area contributed by atoms with Crippen LogP contribution in [0.2, 0.25) is 0 Å². The summed E-state index contributed by atoms with van der Waals surface area (Å²) in [5.41, 5.74) is 5.00. The number of hydrogen-bond donors (Lipinski definition) is 2. The van der Waals surface area contributed by atoms with Crippen LogP contribution in [0.3, 0.4) is 0 Å². The Hall–Kier alpha value is -1.05. The van der Waals surface area contributed by atoms with Crippen LogP contribution in [0, 0.1) is 5.41 Å². The molecular weight excluding hydrogens is 100 g/mol. The van der Waals surface area contributed by atoms with Gasteiger partial charge in [-0.2, -0.15) is 0 Å².